The summed E-state index contributed by atoms with van der Waals surface area (Å²) in [5.41, 5.74) is 3.66. The van der Waals surface area contributed by atoms with E-state index in [2.05, 4.69) is 36.0 Å². The van der Waals surface area contributed by atoms with Crippen LogP contribution >= 0.6 is 11.8 Å². The van der Waals surface area contributed by atoms with E-state index in [1.807, 2.05) is 18.2 Å². The number of amides is 1. The van der Waals surface area contributed by atoms with E-state index in [4.69, 9.17) is 4.74 Å². The van der Waals surface area contributed by atoms with Gasteiger partial charge in [0, 0.05) is 23.3 Å². The van der Waals surface area contributed by atoms with Gasteiger partial charge >= 0.3 is 0 Å². The van der Waals surface area contributed by atoms with Crippen molar-refractivity contribution in [3.05, 3.63) is 59.4 Å². The Bertz CT molecular complexity index is 1150. The first-order valence-corrected chi connectivity index (χ1v) is 12.1. The molecule has 1 aliphatic heterocycles. The zero-order valence-electron chi connectivity index (χ0n) is 19.2. The highest BCUT2D eigenvalue weighted by Gasteiger charge is 2.35. The molecule has 1 amide bonds. The summed E-state index contributed by atoms with van der Waals surface area (Å²) in [4.78, 5) is 19.5. The molecule has 2 heterocycles. The molecule has 2 aromatic carbocycles. The molecule has 0 saturated carbocycles. The first kappa shape index (κ1) is 23.2. The molecule has 0 aliphatic carbocycles. The van der Waals surface area contributed by atoms with Crippen molar-refractivity contribution in [3.8, 4) is 17.1 Å². The van der Waals surface area contributed by atoms with Crippen LogP contribution in [0.3, 0.4) is 0 Å². The van der Waals surface area contributed by atoms with Gasteiger partial charge in [-0.2, -0.15) is 4.98 Å². The van der Waals surface area contributed by atoms with E-state index >= 15 is 0 Å². The van der Waals surface area contributed by atoms with E-state index in [0.717, 1.165) is 23.3 Å². The maximum absolute atomic E-state index is 13.7. The van der Waals surface area contributed by atoms with Gasteiger partial charge in [-0.25, -0.2) is 4.39 Å². The van der Waals surface area contributed by atoms with Gasteiger partial charge in [0.05, 0.1) is 5.69 Å². The van der Waals surface area contributed by atoms with E-state index in [-0.39, 0.29) is 18.1 Å². The Hall–Kier alpha value is -3.00. The van der Waals surface area contributed by atoms with Crippen LogP contribution in [0.25, 0.3) is 11.3 Å². The minimum absolute atomic E-state index is 0.120. The van der Waals surface area contributed by atoms with Crippen LogP contribution in [0.5, 0.6) is 5.88 Å². The van der Waals surface area contributed by atoms with Crippen LogP contribution in [0.15, 0.2) is 47.6 Å². The van der Waals surface area contributed by atoms with Crippen LogP contribution < -0.4 is 9.64 Å². The van der Waals surface area contributed by atoms with Gasteiger partial charge in [0.1, 0.15) is 5.82 Å². The third kappa shape index (κ3) is 4.85. The summed E-state index contributed by atoms with van der Waals surface area (Å²) in [6, 6.07) is 11.9. The maximum Gasteiger partial charge on any atom is 0.247 e. The second-order valence-electron chi connectivity index (χ2n) is 8.30. The monoisotopic (exact) mass is 466 g/mol. The summed E-state index contributed by atoms with van der Waals surface area (Å²) in [6.07, 6.45) is 0.293. The lowest BCUT2D eigenvalue weighted by atomic mass is 10.0. The number of hydrogen-bond donors (Lipinski definition) is 0. The fourth-order valence-corrected chi connectivity index (χ4v) is 4.35. The van der Waals surface area contributed by atoms with Gasteiger partial charge in [-0.3, -0.25) is 9.69 Å². The average molecular weight is 467 g/mol. The molecule has 0 N–H and O–H groups in total. The first-order valence-electron chi connectivity index (χ1n) is 11.2. The van der Waals surface area contributed by atoms with Crippen molar-refractivity contribution in [2.45, 2.75) is 51.9 Å². The average Bonchev–Trinajstić information content (AvgIpc) is 2.96. The van der Waals surface area contributed by atoms with E-state index in [9.17, 15) is 9.18 Å². The smallest absolute Gasteiger partial charge is 0.247 e. The molecule has 0 spiro atoms. The zero-order valence-corrected chi connectivity index (χ0v) is 20.0. The quantitative estimate of drug-likeness (QED) is 0.426. The molecule has 4 rings (SSSR count). The Morgan fingerprint density at radius 2 is 1.91 bits per heavy atom. The predicted molar refractivity (Wildman–Crippen MR) is 128 cm³/mol. The highest BCUT2D eigenvalue weighted by molar-refractivity contribution is 7.99. The van der Waals surface area contributed by atoms with Gasteiger partial charge in [-0.1, -0.05) is 57.7 Å². The van der Waals surface area contributed by atoms with Crippen molar-refractivity contribution >= 4 is 23.4 Å². The minimum atomic E-state index is -0.815. The molecule has 0 unspecified atom stereocenters. The molecule has 0 radical (unpaired) electrons. The number of thioether (sulfide) groups is 1. The number of hydrogen-bond acceptors (Lipinski definition) is 6. The largest absolute Gasteiger partial charge is 0.447 e. The predicted octanol–water partition coefficient (Wildman–Crippen LogP) is 5.82. The van der Waals surface area contributed by atoms with Gasteiger partial charge in [-0.15, -0.1) is 10.2 Å². The molecule has 1 aliphatic rings. The summed E-state index contributed by atoms with van der Waals surface area (Å²) >= 11 is 1.51. The second-order valence-corrected chi connectivity index (χ2v) is 9.28. The minimum Gasteiger partial charge on any atom is -0.447 e. The molecule has 0 bridgehead atoms. The molecule has 0 saturated heterocycles. The van der Waals surface area contributed by atoms with Gasteiger partial charge < -0.3 is 4.74 Å². The van der Waals surface area contributed by atoms with Crippen molar-refractivity contribution < 1.29 is 13.9 Å². The normalized spacial score (nSPS) is 15.0. The number of ether oxygens (including phenoxy) is 1. The SMILES string of the molecule is CCC(=O)N1c2ccc(CC)cc2-c2nnc(SCC(C)C)nc2O[C@@H]1c1ccc(F)cc1. The van der Waals surface area contributed by atoms with Crippen LogP contribution in [0.2, 0.25) is 0 Å². The Labute approximate surface area is 197 Å². The molecule has 1 aromatic heterocycles. The van der Waals surface area contributed by atoms with Crippen molar-refractivity contribution in [1.82, 2.24) is 15.2 Å². The van der Waals surface area contributed by atoms with Crippen LogP contribution in [0, 0.1) is 11.7 Å². The number of carbonyl (C=O) groups excluding carboxylic acids is 1. The van der Waals surface area contributed by atoms with Crippen molar-refractivity contribution in [3.63, 3.8) is 0 Å². The van der Waals surface area contributed by atoms with E-state index in [1.165, 1.54) is 23.9 Å². The Kier molecular flexibility index (Phi) is 6.93. The number of aromatic nitrogens is 3. The lowest BCUT2D eigenvalue weighted by Crippen LogP contribution is -2.37. The first-order chi connectivity index (χ1) is 15.9. The number of carbonyl (C=O) groups is 1. The molecule has 33 heavy (non-hydrogen) atoms. The lowest BCUT2D eigenvalue weighted by molar-refractivity contribution is -0.120. The molecule has 6 nitrogen and oxygen atoms in total. The molecule has 3 aromatic rings. The lowest BCUT2D eigenvalue weighted by Gasteiger charge is -2.30. The highest BCUT2D eigenvalue weighted by Crippen LogP contribution is 2.44. The Balaban J connectivity index is 1.91. The van der Waals surface area contributed by atoms with Crippen LogP contribution in [0.4, 0.5) is 10.1 Å². The number of anilines is 1. The van der Waals surface area contributed by atoms with E-state index < -0.39 is 6.23 Å². The van der Waals surface area contributed by atoms with Crippen molar-refractivity contribution in [1.29, 1.82) is 0 Å². The van der Waals surface area contributed by atoms with E-state index in [0.29, 0.717) is 33.9 Å². The Morgan fingerprint density at radius 3 is 2.58 bits per heavy atom. The number of aryl methyl sites for hydroxylation is 1. The Morgan fingerprint density at radius 1 is 1.15 bits per heavy atom. The fraction of sp³-hybridized carbons (Fsp3) is 0.360. The van der Waals surface area contributed by atoms with Crippen LogP contribution in [-0.4, -0.2) is 26.8 Å². The zero-order chi connectivity index (χ0) is 23.5. The van der Waals surface area contributed by atoms with Crippen molar-refractivity contribution in [2.24, 2.45) is 5.92 Å². The molecular formula is C25H27FN4O2S. The number of fused-ring (bicyclic) bond motifs is 3. The van der Waals surface area contributed by atoms with Gasteiger partial charge in [0.2, 0.25) is 23.2 Å². The van der Waals surface area contributed by atoms with Crippen LogP contribution in [0.1, 0.15) is 51.5 Å². The molecule has 0 fully saturated rings. The third-order valence-corrected chi connectivity index (χ3v) is 6.61. The molecule has 172 valence electrons. The van der Waals surface area contributed by atoms with E-state index in [1.54, 1.807) is 24.0 Å². The summed E-state index contributed by atoms with van der Waals surface area (Å²) in [5.74, 6) is 1.15. The number of nitrogens with zero attached hydrogens (tertiary/aromatic N) is 4. The van der Waals surface area contributed by atoms with Gasteiger partial charge in [0.25, 0.3) is 0 Å². The second kappa shape index (κ2) is 9.87. The topological polar surface area (TPSA) is 68.2 Å². The summed E-state index contributed by atoms with van der Waals surface area (Å²) in [5, 5.41) is 9.33. The summed E-state index contributed by atoms with van der Waals surface area (Å²) < 4.78 is 20.0. The number of rotatable bonds is 6. The molecular weight excluding hydrogens is 439 g/mol. The van der Waals surface area contributed by atoms with Gasteiger partial charge in [0.15, 0.2) is 5.69 Å². The van der Waals surface area contributed by atoms with Crippen molar-refractivity contribution in [2.75, 3.05) is 10.7 Å². The standard InChI is InChI=1S/C25H27FN4O2S/c1-5-16-7-12-20-19(13-16)22-23(27-25(29-28-22)33-14-15(3)4)32-24(30(20)21(31)6-2)17-8-10-18(26)11-9-17/h7-13,15,24H,5-6,14H2,1-4H3/t24-/m1/s1. The third-order valence-electron chi connectivity index (χ3n) is 5.35. The molecule has 8 heteroatoms. The molecule has 1 atom stereocenters. The number of benzene rings is 2. The fourth-order valence-electron chi connectivity index (χ4n) is 3.62. The maximum atomic E-state index is 13.7. The van der Waals surface area contributed by atoms with Gasteiger partial charge in [-0.05, 0) is 42.2 Å². The summed E-state index contributed by atoms with van der Waals surface area (Å²) in [6.45, 7) is 8.13. The van der Waals surface area contributed by atoms with Crippen LogP contribution in [-0.2, 0) is 11.2 Å². The number of halogens is 1. The highest BCUT2D eigenvalue weighted by atomic mass is 32.2. The summed E-state index contributed by atoms with van der Waals surface area (Å²) in [7, 11) is 0.